The van der Waals surface area contributed by atoms with E-state index in [1.54, 1.807) is 11.8 Å². The Hall–Kier alpha value is -0.0200. The highest BCUT2D eigenvalue weighted by Gasteiger charge is 2.01. The summed E-state index contributed by atoms with van der Waals surface area (Å²) in [6, 6.07) is 0. The minimum atomic E-state index is 0.770. The molecule has 0 unspecified atom stereocenters. The van der Waals surface area contributed by atoms with E-state index in [1.807, 2.05) is 0 Å². The van der Waals surface area contributed by atoms with Crippen molar-refractivity contribution in [1.82, 2.24) is 5.32 Å². The predicted octanol–water partition coefficient (Wildman–Crippen LogP) is 0.300. The van der Waals surface area contributed by atoms with Gasteiger partial charge in [0.2, 0.25) is 0 Å². The van der Waals surface area contributed by atoms with Crippen molar-refractivity contribution in [3.05, 3.63) is 0 Å². The first-order valence-corrected chi connectivity index (χ1v) is 3.29. The van der Waals surface area contributed by atoms with Gasteiger partial charge in [0.05, 0.1) is 5.04 Å². The Kier molecular flexibility index (Phi) is 1.70. The highest BCUT2D eigenvalue weighted by molar-refractivity contribution is 8.14. The molecule has 3 heteroatoms. The molecule has 0 aromatic rings. The minimum Gasteiger partial charge on any atom is -0.310 e. The molecule has 1 saturated heterocycles. The molecule has 0 radical (unpaired) electrons. The summed E-state index contributed by atoms with van der Waals surface area (Å²) < 4.78 is 0. The first-order valence-electron chi connectivity index (χ1n) is 2.30. The fourth-order valence-corrected chi connectivity index (χ4v) is 1.20. The molecule has 7 heavy (non-hydrogen) atoms. The first-order chi connectivity index (χ1) is 3.39. The standard InChI is InChI=1S/C4H8N2S/c5-4-3-6-1-2-7-4/h5-6H,1-3H2. The van der Waals surface area contributed by atoms with Gasteiger partial charge in [-0.3, -0.25) is 5.41 Å². The van der Waals surface area contributed by atoms with Gasteiger partial charge in [0.1, 0.15) is 0 Å². The topological polar surface area (TPSA) is 35.9 Å². The van der Waals surface area contributed by atoms with E-state index >= 15 is 0 Å². The van der Waals surface area contributed by atoms with Gasteiger partial charge >= 0.3 is 0 Å². The van der Waals surface area contributed by atoms with E-state index in [0.29, 0.717) is 0 Å². The molecule has 0 aromatic carbocycles. The van der Waals surface area contributed by atoms with Crippen LogP contribution in [0.4, 0.5) is 0 Å². The average molecular weight is 116 g/mol. The predicted molar refractivity (Wildman–Crippen MR) is 33.1 cm³/mol. The maximum atomic E-state index is 7.09. The summed E-state index contributed by atoms with van der Waals surface area (Å²) in [5, 5.41) is 10.9. The van der Waals surface area contributed by atoms with Gasteiger partial charge in [-0.2, -0.15) is 0 Å². The molecule has 0 amide bonds. The lowest BCUT2D eigenvalue weighted by molar-refractivity contribution is 0.818. The van der Waals surface area contributed by atoms with Crippen LogP contribution in [-0.2, 0) is 0 Å². The van der Waals surface area contributed by atoms with Crippen LogP contribution in [0.2, 0.25) is 0 Å². The Morgan fingerprint density at radius 2 is 2.57 bits per heavy atom. The quantitative estimate of drug-likeness (QED) is 0.477. The molecule has 0 spiro atoms. The van der Waals surface area contributed by atoms with Crippen molar-refractivity contribution in [1.29, 1.82) is 5.41 Å². The SMILES string of the molecule is N=C1CNCCS1. The Morgan fingerprint density at radius 3 is 2.86 bits per heavy atom. The number of thioether (sulfide) groups is 1. The van der Waals surface area contributed by atoms with Gasteiger partial charge in [0.25, 0.3) is 0 Å². The molecular formula is C4H8N2S. The normalized spacial score (nSPS) is 22.6. The van der Waals surface area contributed by atoms with Crippen LogP contribution in [0.25, 0.3) is 0 Å². The summed E-state index contributed by atoms with van der Waals surface area (Å²) in [5.74, 6) is 1.07. The van der Waals surface area contributed by atoms with Crippen molar-refractivity contribution < 1.29 is 0 Å². The second-order valence-corrected chi connectivity index (χ2v) is 2.64. The maximum absolute atomic E-state index is 7.09. The summed E-state index contributed by atoms with van der Waals surface area (Å²) >= 11 is 1.64. The smallest absolute Gasteiger partial charge is 0.0780 e. The fourth-order valence-electron chi connectivity index (χ4n) is 0.499. The average Bonchev–Trinajstić information content (AvgIpc) is 1.69. The highest BCUT2D eigenvalue weighted by Crippen LogP contribution is 2.02. The lowest BCUT2D eigenvalue weighted by Crippen LogP contribution is -2.28. The third-order valence-corrected chi connectivity index (χ3v) is 1.74. The number of nitrogens with one attached hydrogen (secondary N) is 2. The highest BCUT2D eigenvalue weighted by atomic mass is 32.2. The van der Waals surface area contributed by atoms with Gasteiger partial charge in [-0.25, -0.2) is 0 Å². The summed E-state index contributed by atoms with van der Waals surface area (Å²) in [5.41, 5.74) is 0. The molecule has 0 bridgehead atoms. The van der Waals surface area contributed by atoms with Crippen LogP contribution in [-0.4, -0.2) is 23.9 Å². The summed E-state index contributed by atoms with van der Waals surface area (Å²) in [6.07, 6.45) is 0. The Balaban J connectivity index is 2.25. The molecule has 1 heterocycles. The van der Waals surface area contributed by atoms with E-state index in [9.17, 15) is 0 Å². The van der Waals surface area contributed by atoms with Crippen LogP contribution < -0.4 is 5.32 Å². The van der Waals surface area contributed by atoms with Crippen LogP contribution in [0.3, 0.4) is 0 Å². The molecule has 0 aromatic heterocycles. The molecule has 1 rings (SSSR count). The van der Waals surface area contributed by atoms with Crippen molar-refractivity contribution in [2.24, 2.45) is 0 Å². The van der Waals surface area contributed by atoms with Crippen molar-refractivity contribution in [3.63, 3.8) is 0 Å². The van der Waals surface area contributed by atoms with Crippen molar-refractivity contribution in [2.45, 2.75) is 0 Å². The van der Waals surface area contributed by atoms with Gasteiger partial charge in [-0.15, -0.1) is 11.8 Å². The second-order valence-electron chi connectivity index (χ2n) is 1.45. The van der Waals surface area contributed by atoms with E-state index < -0.39 is 0 Å². The summed E-state index contributed by atoms with van der Waals surface area (Å²) in [4.78, 5) is 0. The van der Waals surface area contributed by atoms with E-state index in [2.05, 4.69) is 5.32 Å². The van der Waals surface area contributed by atoms with Crippen molar-refractivity contribution >= 4 is 16.8 Å². The maximum Gasteiger partial charge on any atom is 0.0780 e. The third kappa shape index (κ3) is 1.49. The molecule has 2 N–H and O–H groups in total. The molecule has 1 aliphatic rings. The van der Waals surface area contributed by atoms with Gasteiger partial charge in [0, 0.05) is 18.8 Å². The minimum absolute atomic E-state index is 0.770. The third-order valence-electron chi connectivity index (χ3n) is 0.841. The lowest BCUT2D eigenvalue weighted by Gasteiger charge is -2.10. The van der Waals surface area contributed by atoms with Crippen LogP contribution >= 0.6 is 11.8 Å². The zero-order valence-electron chi connectivity index (χ0n) is 4.03. The Bertz CT molecular complexity index is 73.8. The van der Waals surface area contributed by atoms with Crippen LogP contribution in [0, 0.1) is 5.41 Å². The zero-order chi connectivity index (χ0) is 5.11. The molecule has 0 saturated carbocycles. The fraction of sp³-hybridized carbons (Fsp3) is 0.750. The van der Waals surface area contributed by atoms with Crippen LogP contribution in [0.1, 0.15) is 0 Å². The van der Waals surface area contributed by atoms with E-state index in [4.69, 9.17) is 5.41 Å². The number of hydrogen-bond donors (Lipinski definition) is 2. The zero-order valence-corrected chi connectivity index (χ0v) is 4.85. The monoisotopic (exact) mass is 116 g/mol. The van der Waals surface area contributed by atoms with Gasteiger partial charge < -0.3 is 5.32 Å². The number of rotatable bonds is 0. The van der Waals surface area contributed by atoms with E-state index in [-0.39, 0.29) is 0 Å². The van der Waals surface area contributed by atoms with E-state index in [0.717, 1.165) is 23.9 Å². The van der Waals surface area contributed by atoms with Crippen LogP contribution in [0.15, 0.2) is 0 Å². The molecule has 1 fully saturated rings. The van der Waals surface area contributed by atoms with Gasteiger partial charge in [-0.1, -0.05) is 0 Å². The molecule has 40 valence electrons. The Labute approximate surface area is 47.2 Å². The largest absolute Gasteiger partial charge is 0.310 e. The van der Waals surface area contributed by atoms with Gasteiger partial charge in [0.15, 0.2) is 0 Å². The molecule has 0 atom stereocenters. The first kappa shape index (κ1) is 5.12. The van der Waals surface area contributed by atoms with Crippen molar-refractivity contribution in [2.75, 3.05) is 18.8 Å². The summed E-state index contributed by atoms with van der Waals surface area (Å²) in [7, 11) is 0. The van der Waals surface area contributed by atoms with Crippen LogP contribution in [0.5, 0.6) is 0 Å². The molecule has 0 aliphatic carbocycles. The van der Waals surface area contributed by atoms with E-state index in [1.165, 1.54) is 0 Å². The van der Waals surface area contributed by atoms with Gasteiger partial charge in [-0.05, 0) is 0 Å². The lowest BCUT2D eigenvalue weighted by atomic mass is 10.6. The summed E-state index contributed by atoms with van der Waals surface area (Å²) in [6.45, 7) is 1.84. The Morgan fingerprint density at radius 1 is 1.71 bits per heavy atom. The number of hydrogen-bond acceptors (Lipinski definition) is 3. The molecule has 1 aliphatic heterocycles. The van der Waals surface area contributed by atoms with Crippen molar-refractivity contribution in [3.8, 4) is 0 Å². The second kappa shape index (κ2) is 2.33. The molecular weight excluding hydrogens is 108 g/mol. The molecule has 2 nitrogen and oxygen atoms in total.